The van der Waals surface area contributed by atoms with E-state index >= 15 is 0 Å². The molecule has 0 aliphatic carbocycles. The largest absolute Gasteiger partial charge is 0.0836 e. The van der Waals surface area contributed by atoms with Crippen molar-refractivity contribution in [1.82, 2.24) is 0 Å². The van der Waals surface area contributed by atoms with Gasteiger partial charge >= 0.3 is 0 Å². The predicted octanol–water partition coefficient (Wildman–Crippen LogP) is 4.73. The first kappa shape index (κ1) is 12.4. The van der Waals surface area contributed by atoms with Crippen molar-refractivity contribution >= 4 is 21.6 Å². The van der Waals surface area contributed by atoms with Crippen LogP contribution in [0.2, 0.25) is 0 Å². The highest BCUT2D eigenvalue weighted by Crippen LogP contribution is 2.36. The standard InChI is InChI=1S/C10H20S2/c1-9(2,3)7-8-11-12-10(4,5)6/h7-8H,1-6H3/b8-7-. The summed E-state index contributed by atoms with van der Waals surface area (Å²) >= 11 is 0. The molecule has 0 unspecified atom stereocenters. The van der Waals surface area contributed by atoms with Crippen molar-refractivity contribution in [2.75, 3.05) is 0 Å². The molecule has 0 spiro atoms. The highest BCUT2D eigenvalue weighted by atomic mass is 33.1. The molecular weight excluding hydrogens is 184 g/mol. The molecule has 0 aliphatic heterocycles. The van der Waals surface area contributed by atoms with Gasteiger partial charge in [0.1, 0.15) is 0 Å². The van der Waals surface area contributed by atoms with Crippen molar-refractivity contribution in [1.29, 1.82) is 0 Å². The highest BCUT2D eigenvalue weighted by Gasteiger charge is 2.10. The summed E-state index contributed by atoms with van der Waals surface area (Å²) in [7, 11) is 3.73. The first-order valence-electron chi connectivity index (χ1n) is 4.23. The van der Waals surface area contributed by atoms with Crippen LogP contribution in [-0.2, 0) is 0 Å². The van der Waals surface area contributed by atoms with Crippen molar-refractivity contribution < 1.29 is 0 Å². The quantitative estimate of drug-likeness (QED) is 0.597. The van der Waals surface area contributed by atoms with E-state index in [-0.39, 0.29) is 0 Å². The Morgan fingerprint density at radius 1 is 0.917 bits per heavy atom. The summed E-state index contributed by atoms with van der Waals surface area (Å²) < 4.78 is 0.354. The molecule has 0 saturated carbocycles. The molecule has 0 aromatic carbocycles. The molecule has 0 aliphatic rings. The third kappa shape index (κ3) is 10.4. The van der Waals surface area contributed by atoms with Crippen LogP contribution in [0.4, 0.5) is 0 Å². The van der Waals surface area contributed by atoms with Gasteiger partial charge in [-0.05, 0) is 10.8 Å². The van der Waals surface area contributed by atoms with Crippen LogP contribution in [0, 0.1) is 5.41 Å². The molecule has 0 saturated heterocycles. The van der Waals surface area contributed by atoms with Crippen LogP contribution < -0.4 is 0 Å². The minimum absolute atomic E-state index is 0.311. The highest BCUT2D eigenvalue weighted by molar-refractivity contribution is 8.78. The zero-order valence-electron chi connectivity index (χ0n) is 8.97. The van der Waals surface area contributed by atoms with Gasteiger partial charge in [-0.2, -0.15) is 0 Å². The lowest BCUT2D eigenvalue weighted by Gasteiger charge is -2.15. The molecule has 0 nitrogen and oxygen atoms in total. The van der Waals surface area contributed by atoms with E-state index in [1.54, 1.807) is 0 Å². The Kier molecular flexibility index (Phi) is 4.78. The van der Waals surface area contributed by atoms with Crippen LogP contribution in [0.25, 0.3) is 0 Å². The fourth-order valence-corrected chi connectivity index (χ4v) is 2.41. The summed E-state index contributed by atoms with van der Waals surface area (Å²) in [5.41, 5.74) is 0.311. The van der Waals surface area contributed by atoms with Crippen LogP contribution in [0.15, 0.2) is 11.5 Å². The molecule has 0 fully saturated rings. The second-order valence-electron chi connectivity index (χ2n) is 4.96. The first-order valence-corrected chi connectivity index (χ1v) is 6.44. The SMILES string of the molecule is CC(C)(C)/C=C\SSC(C)(C)C. The van der Waals surface area contributed by atoms with Gasteiger partial charge in [0, 0.05) is 4.75 Å². The van der Waals surface area contributed by atoms with E-state index < -0.39 is 0 Å². The van der Waals surface area contributed by atoms with Gasteiger partial charge in [0.05, 0.1) is 0 Å². The van der Waals surface area contributed by atoms with Gasteiger partial charge in [0.2, 0.25) is 0 Å². The topological polar surface area (TPSA) is 0 Å². The molecular formula is C10H20S2. The maximum atomic E-state index is 2.25. The number of hydrogen-bond donors (Lipinski definition) is 0. The number of rotatable bonds is 2. The van der Waals surface area contributed by atoms with Crippen LogP contribution in [0.5, 0.6) is 0 Å². The summed E-state index contributed by atoms with van der Waals surface area (Å²) in [4.78, 5) is 0. The van der Waals surface area contributed by atoms with E-state index in [1.165, 1.54) is 0 Å². The fourth-order valence-electron chi connectivity index (χ4n) is 0.404. The molecule has 72 valence electrons. The minimum Gasteiger partial charge on any atom is -0.0836 e. The van der Waals surface area contributed by atoms with E-state index in [0.717, 1.165) is 0 Å². The average molecular weight is 204 g/mol. The smallest absolute Gasteiger partial charge is 0.0182 e. The Hall–Kier alpha value is 0.440. The average Bonchev–Trinajstić information content (AvgIpc) is 1.76. The van der Waals surface area contributed by atoms with Crippen molar-refractivity contribution in [3.05, 3.63) is 11.5 Å². The monoisotopic (exact) mass is 204 g/mol. The van der Waals surface area contributed by atoms with E-state index in [4.69, 9.17) is 0 Å². The Balaban J connectivity index is 3.64. The maximum Gasteiger partial charge on any atom is 0.0182 e. The van der Waals surface area contributed by atoms with Gasteiger partial charge < -0.3 is 0 Å². The van der Waals surface area contributed by atoms with Crippen LogP contribution in [0.3, 0.4) is 0 Å². The minimum atomic E-state index is 0.311. The molecule has 0 aromatic rings. The van der Waals surface area contributed by atoms with Crippen molar-refractivity contribution in [2.45, 2.75) is 46.3 Å². The Labute approximate surface area is 85.0 Å². The third-order valence-electron chi connectivity index (χ3n) is 0.922. The Morgan fingerprint density at radius 3 is 1.75 bits per heavy atom. The first-order chi connectivity index (χ1) is 5.21. The molecule has 0 radical (unpaired) electrons. The summed E-state index contributed by atoms with van der Waals surface area (Å²) in [6.07, 6.45) is 2.25. The summed E-state index contributed by atoms with van der Waals surface area (Å²) in [6.45, 7) is 13.3. The predicted molar refractivity (Wildman–Crippen MR) is 63.5 cm³/mol. The van der Waals surface area contributed by atoms with Gasteiger partial charge in [0.15, 0.2) is 0 Å². The molecule has 0 rings (SSSR count). The Morgan fingerprint density at radius 2 is 1.42 bits per heavy atom. The normalized spacial score (nSPS) is 14.2. The second kappa shape index (κ2) is 4.61. The molecule has 0 bridgehead atoms. The molecule has 0 amide bonds. The van der Waals surface area contributed by atoms with Crippen LogP contribution in [-0.4, -0.2) is 4.75 Å². The lowest BCUT2D eigenvalue weighted by molar-refractivity contribution is 0.545. The van der Waals surface area contributed by atoms with E-state index in [0.29, 0.717) is 10.2 Å². The van der Waals surface area contributed by atoms with Gasteiger partial charge in [-0.3, -0.25) is 0 Å². The van der Waals surface area contributed by atoms with Crippen molar-refractivity contribution in [2.24, 2.45) is 5.41 Å². The van der Waals surface area contributed by atoms with Gasteiger partial charge in [-0.15, -0.1) is 0 Å². The zero-order chi connectivity index (χ0) is 9.83. The van der Waals surface area contributed by atoms with E-state index in [9.17, 15) is 0 Å². The summed E-state index contributed by atoms with van der Waals surface area (Å²) in [6, 6.07) is 0. The van der Waals surface area contributed by atoms with Gasteiger partial charge in [-0.25, -0.2) is 0 Å². The molecule has 12 heavy (non-hydrogen) atoms. The number of allylic oxidation sites excluding steroid dienone is 1. The molecule has 0 aromatic heterocycles. The molecule has 0 atom stereocenters. The third-order valence-corrected chi connectivity index (χ3v) is 3.89. The lowest BCUT2D eigenvalue weighted by atomic mass is 9.98. The second-order valence-corrected chi connectivity index (χ2v) is 7.89. The van der Waals surface area contributed by atoms with Crippen molar-refractivity contribution in [3.8, 4) is 0 Å². The zero-order valence-corrected chi connectivity index (χ0v) is 10.6. The Bertz CT molecular complexity index is 146. The summed E-state index contributed by atoms with van der Waals surface area (Å²) in [5, 5.41) is 2.19. The van der Waals surface area contributed by atoms with E-state index in [1.807, 2.05) is 21.6 Å². The molecule has 2 heteroatoms. The summed E-state index contributed by atoms with van der Waals surface area (Å²) in [5.74, 6) is 0. The fraction of sp³-hybridized carbons (Fsp3) is 0.800. The lowest BCUT2D eigenvalue weighted by Crippen LogP contribution is -2.04. The molecule has 0 N–H and O–H groups in total. The van der Waals surface area contributed by atoms with Gasteiger partial charge in [0.25, 0.3) is 0 Å². The van der Waals surface area contributed by atoms with Crippen LogP contribution in [0.1, 0.15) is 41.5 Å². The number of hydrogen-bond acceptors (Lipinski definition) is 2. The molecule has 0 heterocycles. The van der Waals surface area contributed by atoms with Crippen molar-refractivity contribution in [3.63, 3.8) is 0 Å². The van der Waals surface area contributed by atoms with E-state index in [2.05, 4.69) is 53.0 Å². The van der Waals surface area contributed by atoms with Crippen LogP contribution >= 0.6 is 21.6 Å². The maximum absolute atomic E-state index is 2.25. The van der Waals surface area contributed by atoms with Gasteiger partial charge in [-0.1, -0.05) is 69.2 Å².